The molecule has 0 aromatic carbocycles. The van der Waals surface area contributed by atoms with Gasteiger partial charge in [0.2, 0.25) is 0 Å². The van der Waals surface area contributed by atoms with Gasteiger partial charge in [-0.25, -0.2) is 0 Å². The van der Waals surface area contributed by atoms with Crippen LogP contribution in [0.2, 0.25) is 0 Å². The van der Waals surface area contributed by atoms with E-state index in [0.29, 0.717) is 0 Å². The molecule has 0 radical (unpaired) electrons. The van der Waals surface area contributed by atoms with Crippen LogP contribution >= 0.6 is 0 Å². The maximum absolute atomic E-state index is 9.93. The van der Waals surface area contributed by atoms with Crippen LogP contribution in [0.3, 0.4) is 0 Å². The van der Waals surface area contributed by atoms with Gasteiger partial charge in [-0.15, -0.1) is 0 Å². The minimum Gasteiger partial charge on any atom is -0.388 e. The van der Waals surface area contributed by atoms with Crippen LogP contribution in [0.25, 0.3) is 0 Å². The minimum absolute atomic E-state index is 0.149. The number of hydrogen-bond donors (Lipinski definition) is 1. The van der Waals surface area contributed by atoms with Crippen LogP contribution in [-0.4, -0.2) is 21.9 Å². The Balaban J connectivity index is 2.17. The van der Waals surface area contributed by atoms with E-state index in [4.69, 9.17) is 4.74 Å². The molecule has 0 bridgehead atoms. The zero-order valence-corrected chi connectivity index (χ0v) is 11.1. The van der Waals surface area contributed by atoms with Crippen molar-refractivity contribution < 1.29 is 9.84 Å². The zero-order chi connectivity index (χ0) is 12.5. The van der Waals surface area contributed by atoms with E-state index in [1.165, 1.54) is 5.69 Å². The average molecular weight is 237 g/mol. The molecule has 1 aromatic heterocycles. The van der Waals surface area contributed by atoms with Crippen LogP contribution in [0.1, 0.15) is 51.0 Å². The lowest BCUT2D eigenvalue weighted by molar-refractivity contribution is -0.0230. The molecule has 3 nitrogen and oxygen atoms in total. The summed E-state index contributed by atoms with van der Waals surface area (Å²) in [4.78, 5) is 0. The van der Waals surface area contributed by atoms with E-state index in [-0.39, 0.29) is 11.7 Å². The van der Waals surface area contributed by atoms with Crippen LogP contribution in [-0.2, 0) is 17.7 Å². The SMILES string of the molecule is CCOC(C)(C)Cn1ccc2c1CCCC2O. The molecule has 1 N–H and O–H groups in total. The number of aliphatic hydroxyl groups is 1. The smallest absolute Gasteiger partial charge is 0.0807 e. The first kappa shape index (κ1) is 12.7. The van der Waals surface area contributed by atoms with Gasteiger partial charge in [0.05, 0.1) is 18.2 Å². The third kappa shape index (κ3) is 2.72. The molecule has 0 saturated heterocycles. The lowest BCUT2D eigenvalue weighted by Crippen LogP contribution is -2.31. The van der Waals surface area contributed by atoms with E-state index in [0.717, 1.165) is 38.0 Å². The van der Waals surface area contributed by atoms with Gasteiger partial charge in [-0.2, -0.15) is 0 Å². The predicted octanol–water partition coefficient (Wildman–Crippen LogP) is 2.67. The van der Waals surface area contributed by atoms with Gasteiger partial charge in [0.15, 0.2) is 0 Å². The maximum atomic E-state index is 9.93. The number of aliphatic hydroxyl groups excluding tert-OH is 1. The summed E-state index contributed by atoms with van der Waals surface area (Å²) in [5.74, 6) is 0. The molecule has 0 saturated carbocycles. The Labute approximate surface area is 103 Å². The van der Waals surface area contributed by atoms with Gasteiger partial charge in [0.1, 0.15) is 0 Å². The van der Waals surface area contributed by atoms with Crippen molar-refractivity contribution in [1.82, 2.24) is 4.57 Å². The van der Waals surface area contributed by atoms with E-state index in [9.17, 15) is 5.11 Å². The summed E-state index contributed by atoms with van der Waals surface area (Å²) < 4.78 is 7.98. The second-order valence-electron chi connectivity index (χ2n) is 5.45. The van der Waals surface area contributed by atoms with Crippen molar-refractivity contribution in [2.45, 2.75) is 58.3 Å². The standard InChI is InChI=1S/C14H23NO2/c1-4-17-14(2,3)10-15-9-8-11-12(15)6-5-7-13(11)16/h8-9,13,16H,4-7,10H2,1-3H3. The fraction of sp³-hybridized carbons (Fsp3) is 0.714. The van der Waals surface area contributed by atoms with Gasteiger partial charge in [-0.3, -0.25) is 0 Å². The number of nitrogens with zero attached hydrogens (tertiary/aromatic N) is 1. The van der Waals surface area contributed by atoms with Crippen LogP contribution in [0.4, 0.5) is 0 Å². The highest BCUT2D eigenvalue weighted by molar-refractivity contribution is 5.27. The molecule has 0 spiro atoms. The molecule has 0 amide bonds. The molecule has 96 valence electrons. The average Bonchev–Trinajstić information content (AvgIpc) is 2.62. The fourth-order valence-corrected chi connectivity index (χ4v) is 2.73. The molecule has 0 aliphatic heterocycles. The Bertz CT molecular complexity index is 382. The summed E-state index contributed by atoms with van der Waals surface area (Å²) in [6, 6.07) is 2.06. The molecule has 1 aliphatic carbocycles. The molecule has 17 heavy (non-hydrogen) atoms. The number of hydrogen-bond acceptors (Lipinski definition) is 2. The molecule has 1 aliphatic rings. The van der Waals surface area contributed by atoms with E-state index < -0.39 is 0 Å². The minimum atomic E-state index is -0.268. The van der Waals surface area contributed by atoms with Gasteiger partial charge in [0, 0.05) is 24.1 Å². The summed E-state index contributed by atoms with van der Waals surface area (Å²) in [6.07, 6.45) is 4.86. The van der Waals surface area contributed by atoms with E-state index in [2.05, 4.69) is 30.7 Å². The number of fused-ring (bicyclic) bond motifs is 1. The van der Waals surface area contributed by atoms with Crippen molar-refractivity contribution in [2.75, 3.05) is 6.61 Å². The van der Waals surface area contributed by atoms with Crippen molar-refractivity contribution in [1.29, 1.82) is 0 Å². The summed E-state index contributed by atoms with van der Waals surface area (Å²) >= 11 is 0. The first-order valence-corrected chi connectivity index (χ1v) is 6.53. The highest BCUT2D eigenvalue weighted by Crippen LogP contribution is 2.31. The Morgan fingerprint density at radius 2 is 2.29 bits per heavy atom. The van der Waals surface area contributed by atoms with Gasteiger partial charge in [-0.05, 0) is 46.1 Å². The van der Waals surface area contributed by atoms with E-state index >= 15 is 0 Å². The van der Waals surface area contributed by atoms with Crippen molar-refractivity contribution in [2.24, 2.45) is 0 Å². The van der Waals surface area contributed by atoms with Crippen LogP contribution in [0.15, 0.2) is 12.3 Å². The monoisotopic (exact) mass is 237 g/mol. The normalized spacial score (nSPS) is 20.4. The summed E-state index contributed by atoms with van der Waals surface area (Å²) in [5, 5.41) is 9.93. The molecule has 1 unspecified atom stereocenters. The van der Waals surface area contributed by atoms with Crippen LogP contribution < -0.4 is 0 Å². The number of rotatable bonds is 4. The first-order chi connectivity index (χ1) is 8.03. The van der Waals surface area contributed by atoms with Crippen molar-refractivity contribution in [3.05, 3.63) is 23.5 Å². The molecule has 1 aromatic rings. The molecular formula is C14H23NO2. The Morgan fingerprint density at radius 1 is 1.53 bits per heavy atom. The third-order valence-corrected chi connectivity index (χ3v) is 3.45. The quantitative estimate of drug-likeness (QED) is 0.873. The van der Waals surface area contributed by atoms with Gasteiger partial charge in [-0.1, -0.05) is 0 Å². The summed E-state index contributed by atoms with van der Waals surface area (Å²) in [5.41, 5.74) is 2.25. The topological polar surface area (TPSA) is 34.4 Å². The second kappa shape index (κ2) is 4.83. The van der Waals surface area contributed by atoms with Gasteiger partial charge < -0.3 is 14.4 Å². The molecule has 1 atom stereocenters. The highest BCUT2D eigenvalue weighted by atomic mass is 16.5. The Hall–Kier alpha value is -0.800. The van der Waals surface area contributed by atoms with Crippen molar-refractivity contribution in [3.8, 4) is 0 Å². The predicted molar refractivity (Wildman–Crippen MR) is 68.0 cm³/mol. The maximum Gasteiger partial charge on any atom is 0.0807 e. The molecule has 2 rings (SSSR count). The number of aromatic nitrogens is 1. The summed E-state index contributed by atoms with van der Waals surface area (Å²) in [7, 11) is 0. The lowest BCUT2D eigenvalue weighted by Gasteiger charge is -2.28. The van der Waals surface area contributed by atoms with Crippen molar-refractivity contribution in [3.63, 3.8) is 0 Å². The highest BCUT2D eigenvalue weighted by Gasteiger charge is 2.24. The van der Waals surface area contributed by atoms with Crippen molar-refractivity contribution >= 4 is 0 Å². The molecular weight excluding hydrogens is 214 g/mol. The van der Waals surface area contributed by atoms with Gasteiger partial charge in [0.25, 0.3) is 0 Å². The lowest BCUT2D eigenvalue weighted by atomic mass is 9.95. The second-order valence-corrected chi connectivity index (χ2v) is 5.45. The molecule has 3 heteroatoms. The third-order valence-electron chi connectivity index (χ3n) is 3.45. The number of ether oxygens (including phenoxy) is 1. The zero-order valence-electron chi connectivity index (χ0n) is 11.1. The largest absolute Gasteiger partial charge is 0.388 e. The Morgan fingerprint density at radius 3 is 3.00 bits per heavy atom. The van der Waals surface area contributed by atoms with Crippen LogP contribution in [0.5, 0.6) is 0 Å². The fourth-order valence-electron chi connectivity index (χ4n) is 2.73. The first-order valence-electron chi connectivity index (χ1n) is 6.53. The van der Waals surface area contributed by atoms with E-state index in [1.807, 2.05) is 6.92 Å². The van der Waals surface area contributed by atoms with Gasteiger partial charge >= 0.3 is 0 Å². The summed E-state index contributed by atoms with van der Waals surface area (Å²) in [6.45, 7) is 7.84. The van der Waals surface area contributed by atoms with E-state index in [1.54, 1.807) is 0 Å². The molecule has 1 heterocycles. The molecule has 0 fully saturated rings. The van der Waals surface area contributed by atoms with Crippen LogP contribution in [0, 0.1) is 0 Å². The Kier molecular flexibility index (Phi) is 3.59.